The smallest absolute Gasteiger partial charge is 0.306 e. The van der Waals surface area contributed by atoms with Crippen molar-refractivity contribution in [2.45, 2.75) is 50.6 Å². The van der Waals surface area contributed by atoms with E-state index in [0.717, 1.165) is 26.5 Å². The first-order valence-electron chi connectivity index (χ1n) is 21.4. The molecule has 346 valence electrons. The zero-order valence-corrected chi connectivity index (χ0v) is 37.0. The minimum absolute atomic E-state index is 0.0789. The fourth-order valence-electron chi connectivity index (χ4n) is 8.13. The van der Waals surface area contributed by atoms with Crippen LogP contribution in [0.3, 0.4) is 0 Å². The molecule has 0 radical (unpaired) electrons. The number of ether oxygens (including phenoxy) is 4. The maximum absolute atomic E-state index is 13.9. The monoisotopic (exact) mass is 897 g/mol. The summed E-state index contributed by atoms with van der Waals surface area (Å²) in [6.07, 6.45) is 0.295. The topological polar surface area (TPSA) is 215 Å². The summed E-state index contributed by atoms with van der Waals surface area (Å²) in [5.74, 6) is -3.23. The molecular formula is C46H55N7O12. The van der Waals surface area contributed by atoms with Gasteiger partial charge in [-0.15, -0.1) is 0 Å². The van der Waals surface area contributed by atoms with E-state index in [-0.39, 0.29) is 38.5 Å². The van der Waals surface area contributed by atoms with Gasteiger partial charge in [-0.05, 0) is 48.5 Å². The third-order valence-electron chi connectivity index (χ3n) is 11.6. The van der Waals surface area contributed by atoms with Crippen LogP contribution < -0.4 is 20.4 Å². The molecule has 2 N–H and O–H groups in total. The Morgan fingerprint density at radius 3 is 1.25 bits per heavy atom. The molecule has 19 heteroatoms. The highest BCUT2D eigenvalue weighted by atomic mass is 16.5. The number of esters is 4. The second-order valence-corrected chi connectivity index (χ2v) is 15.6. The molecule has 2 aliphatic heterocycles. The maximum Gasteiger partial charge on any atom is 0.306 e. The Bertz CT molecular complexity index is 2240. The summed E-state index contributed by atoms with van der Waals surface area (Å²) in [4.78, 5) is 108. The predicted octanol–water partition coefficient (Wildman–Crippen LogP) is 2.08. The van der Waals surface area contributed by atoms with Crippen molar-refractivity contribution >= 4 is 80.7 Å². The summed E-state index contributed by atoms with van der Waals surface area (Å²) in [5.41, 5.74) is 3.10. The molecule has 4 amide bonds. The molecule has 65 heavy (non-hydrogen) atoms. The van der Waals surface area contributed by atoms with Gasteiger partial charge in [0, 0.05) is 68.8 Å². The molecule has 6 rings (SSSR count). The molecule has 19 nitrogen and oxygen atoms in total. The number of aromatic nitrogens is 1. The van der Waals surface area contributed by atoms with E-state index in [1.165, 1.54) is 28.4 Å². The molecule has 2 aliphatic rings. The van der Waals surface area contributed by atoms with Gasteiger partial charge < -0.3 is 43.9 Å². The van der Waals surface area contributed by atoms with Crippen molar-refractivity contribution < 1.29 is 57.3 Å². The molecule has 0 saturated carbocycles. The van der Waals surface area contributed by atoms with Crippen LogP contribution in [0.25, 0.3) is 27.5 Å². The van der Waals surface area contributed by atoms with E-state index in [4.69, 9.17) is 18.9 Å². The summed E-state index contributed by atoms with van der Waals surface area (Å²) in [6.45, 7) is 2.65. The van der Waals surface area contributed by atoms with Crippen LogP contribution >= 0.6 is 0 Å². The molecule has 0 spiro atoms. The van der Waals surface area contributed by atoms with Crippen molar-refractivity contribution in [1.82, 2.24) is 25.0 Å². The first-order chi connectivity index (χ1) is 31.4. The van der Waals surface area contributed by atoms with E-state index < -0.39 is 59.6 Å². The van der Waals surface area contributed by atoms with Crippen LogP contribution in [0.4, 0.5) is 11.4 Å². The van der Waals surface area contributed by atoms with E-state index >= 15 is 0 Å². The van der Waals surface area contributed by atoms with Gasteiger partial charge in [0.1, 0.15) is 0 Å². The lowest BCUT2D eigenvalue weighted by Gasteiger charge is -2.22. The second kappa shape index (κ2) is 22.4. The minimum atomic E-state index is -0.810. The Balaban J connectivity index is 1.21. The zero-order valence-electron chi connectivity index (χ0n) is 37.0. The Morgan fingerprint density at radius 1 is 0.523 bits per heavy atom. The first-order valence-corrected chi connectivity index (χ1v) is 21.4. The normalized spacial score (nSPS) is 16.4. The third kappa shape index (κ3) is 11.6. The molecule has 2 fully saturated rings. The van der Waals surface area contributed by atoms with Crippen LogP contribution in [0.2, 0.25) is 0 Å². The maximum atomic E-state index is 13.9. The number of hydrogen-bond donors (Lipinski definition) is 2. The molecule has 3 aromatic carbocycles. The number of para-hydroxylation sites is 1. The largest absolute Gasteiger partial charge is 0.469 e. The average molecular weight is 898 g/mol. The number of nitrogens with zero attached hydrogens (tertiary/aromatic N) is 5. The number of benzene rings is 3. The number of carbonyl (C=O) groups is 8. The van der Waals surface area contributed by atoms with Crippen molar-refractivity contribution in [3.63, 3.8) is 0 Å². The van der Waals surface area contributed by atoms with Crippen LogP contribution in [-0.4, -0.2) is 155 Å². The number of carbonyl (C=O) groups excluding carboxylic acids is 8. The Kier molecular flexibility index (Phi) is 16.5. The number of amides is 4. The van der Waals surface area contributed by atoms with Crippen molar-refractivity contribution in [2.24, 2.45) is 0 Å². The van der Waals surface area contributed by atoms with E-state index in [2.05, 4.69) is 10.6 Å². The molecule has 3 heterocycles. The van der Waals surface area contributed by atoms with Gasteiger partial charge in [-0.2, -0.15) is 0 Å². The first kappa shape index (κ1) is 47.9. The number of fused-ring (bicyclic) bond motifs is 3. The Labute approximate surface area is 375 Å². The molecular weight excluding hydrogens is 843 g/mol. The SMILES string of the molecule is COC(=O)CCN(CCNC1CC(=O)N(c2ccc3c(c2)c2cc(N4C(=O)CC(NCCN(CCC(=O)OC)CCC(=O)OC)C4=O)ccc2n3-c2ccccc2)C1=O)CCC(=O)OC. The summed E-state index contributed by atoms with van der Waals surface area (Å²) >= 11 is 0. The van der Waals surface area contributed by atoms with Gasteiger partial charge in [0.05, 0.1) is 101 Å². The number of methoxy groups -OCH3 is 4. The highest BCUT2D eigenvalue weighted by molar-refractivity contribution is 6.25. The molecule has 2 saturated heterocycles. The summed E-state index contributed by atoms with van der Waals surface area (Å²) in [6, 6.07) is 18.7. The van der Waals surface area contributed by atoms with Crippen LogP contribution in [-0.2, 0) is 57.3 Å². The van der Waals surface area contributed by atoms with Crippen molar-refractivity contribution in [1.29, 1.82) is 0 Å². The molecule has 1 aromatic heterocycles. The lowest BCUT2D eigenvalue weighted by molar-refractivity contribution is -0.142. The van der Waals surface area contributed by atoms with Crippen LogP contribution in [0, 0.1) is 0 Å². The molecule has 4 aromatic rings. The van der Waals surface area contributed by atoms with Gasteiger partial charge in [0.15, 0.2) is 0 Å². The van der Waals surface area contributed by atoms with Gasteiger partial charge in [-0.3, -0.25) is 38.4 Å². The third-order valence-corrected chi connectivity index (χ3v) is 11.6. The Morgan fingerprint density at radius 2 is 0.892 bits per heavy atom. The van der Waals surface area contributed by atoms with Crippen LogP contribution in [0.15, 0.2) is 66.7 Å². The Hall–Kier alpha value is -6.54. The number of anilines is 2. The van der Waals surface area contributed by atoms with Crippen LogP contribution in [0.5, 0.6) is 0 Å². The average Bonchev–Trinajstić information content (AvgIpc) is 3.91. The number of hydrogen-bond acceptors (Lipinski definition) is 16. The standard InChI is InChI=1S/C46H55N7O12/c1-62-41(56)14-20-49(21-15-42(57)63-2)24-18-47-35-28-39(54)52(45(35)60)31-10-12-37-33(26-31)34-27-32(11-13-38(34)51(37)30-8-6-5-7-9-30)53-40(55)29-36(46(53)61)48-19-25-50(22-16-43(58)64-3)23-17-44(59)65-4/h5-13,26-27,35-36,47-48H,14-25,28-29H2,1-4H3. The van der Waals surface area contributed by atoms with Gasteiger partial charge >= 0.3 is 23.9 Å². The highest BCUT2D eigenvalue weighted by Gasteiger charge is 2.41. The predicted molar refractivity (Wildman–Crippen MR) is 238 cm³/mol. The number of nitrogens with one attached hydrogen (secondary N) is 2. The van der Waals surface area contributed by atoms with E-state index in [1.807, 2.05) is 56.8 Å². The van der Waals surface area contributed by atoms with Gasteiger partial charge in [0.2, 0.25) is 11.8 Å². The van der Waals surface area contributed by atoms with Crippen molar-refractivity contribution in [3.8, 4) is 5.69 Å². The lowest BCUT2D eigenvalue weighted by Crippen LogP contribution is -2.43. The fraction of sp³-hybridized carbons (Fsp3) is 0.435. The lowest BCUT2D eigenvalue weighted by atomic mass is 10.1. The number of imide groups is 2. The number of rotatable bonds is 23. The van der Waals surface area contributed by atoms with Gasteiger partial charge in [0.25, 0.3) is 11.8 Å². The van der Waals surface area contributed by atoms with Crippen LogP contribution in [0.1, 0.15) is 38.5 Å². The van der Waals surface area contributed by atoms with Crippen molar-refractivity contribution in [3.05, 3.63) is 66.7 Å². The summed E-state index contributed by atoms with van der Waals surface area (Å²) in [7, 11) is 5.21. The zero-order chi connectivity index (χ0) is 46.6. The summed E-state index contributed by atoms with van der Waals surface area (Å²) < 4.78 is 21.1. The highest BCUT2D eigenvalue weighted by Crippen LogP contribution is 2.38. The quantitative estimate of drug-likeness (QED) is 0.0619. The fourth-order valence-corrected chi connectivity index (χ4v) is 8.13. The van der Waals surface area contributed by atoms with Crippen molar-refractivity contribution in [2.75, 3.05) is 90.6 Å². The van der Waals surface area contributed by atoms with E-state index in [1.54, 1.807) is 24.3 Å². The molecule has 2 atom stereocenters. The molecule has 2 unspecified atom stereocenters. The minimum Gasteiger partial charge on any atom is -0.469 e. The molecule has 0 bridgehead atoms. The van der Waals surface area contributed by atoms with E-state index in [9.17, 15) is 38.4 Å². The summed E-state index contributed by atoms with van der Waals surface area (Å²) in [5, 5.41) is 7.72. The van der Waals surface area contributed by atoms with E-state index in [0.29, 0.717) is 74.5 Å². The molecule has 0 aliphatic carbocycles. The van der Waals surface area contributed by atoms with Gasteiger partial charge in [-0.25, -0.2) is 9.80 Å². The van der Waals surface area contributed by atoms with Gasteiger partial charge in [-0.1, -0.05) is 18.2 Å². The second-order valence-electron chi connectivity index (χ2n) is 15.6.